The van der Waals surface area contributed by atoms with Gasteiger partial charge in [-0.25, -0.2) is 78.7 Å². The Morgan fingerprint density at radius 1 is 0.450 bits per heavy atom. The van der Waals surface area contributed by atoms with Gasteiger partial charge in [0.25, 0.3) is 29.1 Å². The SMILES string of the molecule is C.CC(C)(C)[O-].CC(C)(C)[O-].CN(C)[C@H]1C[C@@H](c2cccc(C(F)(F)F)c2)CC[C@@H]1O.COc1ccc(CN(c2ccncn2)S(=O)(=O)c2cnc(Cl)cc2Cl)c(OC)c1.COc1ccc(CN(c2ccncn2)S(=O)(=O)c2cnc(Cl)cc2O[C@H]2CC[C@H](c3cccc(C(F)(F)F)c3)C[C@@H]2N(C)C)c(OC)c1.COc1ccc(CNc2ccncn2)c(OC)c1.O=S(=O)(Cl)c1cnc(Cl)cc1Cl.[Na+].[Na+]. The molecule has 0 aliphatic heterocycles. The molecule has 0 bridgehead atoms. The molecule has 752 valence electrons. The number of alkyl halides is 6. The molecule has 6 atom stereocenters. The van der Waals surface area contributed by atoms with Crippen molar-refractivity contribution in [1.29, 1.82) is 0 Å². The zero-order chi connectivity index (χ0) is 102. The van der Waals surface area contributed by atoms with Gasteiger partial charge >= 0.3 is 71.5 Å². The van der Waals surface area contributed by atoms with Crippen LogP contribution in [0.3, 0.4) is 0 Å². The molecule has 0 radical (unpaired) electrons. The molecule has 47 heteroatoms. The van der Waals surface area contributed by atoms with Gasteiger partial charge in [0.1, 0.15) is 113 Å². The van der Waals surface area contributed by atoms with Gasteiger partial charge in [-0.2, -0.15) is 26.3 Å². The first-order chi connectivity index (χ1) is 64.2. The molecule has 0 unspecified atom stereocenters. The Morgan fingerprint density at radius 2 is 0.821 bits per heavy atom. The number of likely N-dealkylation sites (N-methyl/N-ethyl adjacent to an activating group) is 2. The monoisotopic (exact) mass is 2140 g/mol. The van der Waals surface area contributed by atoms with Gasteiger partial charge in [-0.3, -0.25) is 0 Å². The number of nitrogens with zero attached hydrogens (tertiary/aromatic N) is 13. The summed E-state index contributed by atoms with van der Waals surface area (Å²) >= 11 is 29.2. The van der Waals surface area contributed by atoms with Gasteiger partial charge in [0.2, 0.25) is 0 Å². The van der Waals surface area contributed by atoms with Gasteiger partial charge in [-0.1, -0.05) is 143 Å². The molecule has 13 rings (SSSR count). The minimum Gasteiger partial charge on any atom is -0.850 e. The molecule has 30 nitrogen and oxygen atoms in total. The molecule has 0 spiro atoms. The van der Waals surface area contributed by atoms with E-state index in [1.54, 1.807) is 110 Å². The number of ether oxygens (including phenoxy) is 7. The fourth-order valence-corrected chi connectivity index (χ4v) is 18.8. The van der Waals surface area contributed by atoms with Gasteiger partial charge in [-0.15, -0.1) is 11.2 Å². The van der Waals surface area contributed by atoms with Crippen molar-refractivity contribution in [2.75, 3.05) is 84.8 Å². The molecule has 2 aliphatic carbocycles. The van der Waals surface area contributed by atoms with Crippen molar-refractivity contribution in [2.24, 2.45) is 0 Å². The summed E-state index contributed by atoms with van der Waals surface area (Å²) in [6.45, 7) is 10.2. The van der Waals surface area contributed by atoms with Crippen LogP contribution in [0.1, 0.15) is 138 Å². The largest absolute Gasteiger partial charge is 1.00 e. The topological polar surface area (TPSA) is 374 Å². The van der Waals surface area contributed by atoms with Gasteiger partial charge in [0.15, 0.2) is 0 Å². The van der Waals surface area contributed by atoms with Gasteiger partial charge in [0.05, 0.1) is 102 Å². The number of pyridine rings is 3. The van der Waals surface area contributed by atoms with Crippen LogP contribution in [0.15, 0.2) is 210 Å². The van der Waals surface area contributed by atoms with Crippen molar-refractivity contribution < 1.29 is 159 Å². The third-order valence-corrected chi connectivity index (χ3v) is 26.4. The number of anilines is 3. The van der Waals surface area contributed by atoms with E-state index in [0.29, 0.717) is 78.3 Å². The first-order valence-electron chi connectivity index (χ1n) is 41.6. The van der Waals surface area contributed by atoms with Crippen molar-refractivity contribution in [1.82, 2.24) is 54.7 Å². The fourth-order valence-electron chi connectivity index (χ4n) is 13.6. The predicted molar refractivity (Wildman–Crippen MR) is 517 cm³/mol. The van der Waals surface area contributed by atoms with Crippen LogP contribution >= 0.6 is 68.7 Å². The summed E-state index contributed by atoms with van der Waals surface area (Å²) in [6, 6.07) is 35.1. The summed E-state index contributed by atoms with van der Waals surface area (Å²) in [6.07, 6.45) is 5.69. The van der Waals surface area contributed by atoms with Crippen LogP contribution in [0.25, 0.3) is 0 Å². The molecule has 6 heterocycles. The number of aliphatic hydroxyl groups is 1. The van der Waals surface area contributed by atoms with E-state index < -0.39 is 76.0 Å². The zero-order valence-electron chi connectivity index (χ0n) is 79.4. The molecule has 140 heavy (non-hydrogen) atoms. The third kappa shape index (κ3) is 39.0. The molecule has 0 saturated heterocycles. The van der Waals surface area contributed by atoms with Crippen LogP contribution in [0.4, 0.5) is 43.8 Å². The van der Waals surface area contributed by atoms with Crippen LogP contribution in [0.2, 0.25) is 25.5 Å². The van der Waals surface area contributed by atoms with E-state index in [2.05, 4.69) is 50.2 Å². The average Bonchev–Trinajstić information content (AvgIpc) is 0.769. The maximum atomic E-state index is 14.5. The molecule has 5 aromatic carbocycles. The second-order valence-electron chi connectivity index (χ2n) is 32.7. The fraction of sp³-hybridized carbons (Fsp3) is 0.387. The van der Waals surface area contributed by atoms with E-state index in [4.69, 9.17) is 102 Å². The number of halogens is 12. The zero-order valence-corrected chi connectivity index (χ0v) is 90.4. The van der Waals surface area contributed by atoms with Crippen molar-refractivity contribution in [3.8, 4) is 40.2 Å². The molecular formula is C93H110Cl6F6N14Na2O16S3. The average molecular weight is 2150 g/mol. The third-order valence-electron chi connectivity index (χ3n) is 20.1. The van der Waals surface area contributed by atoms with Gasteiger partial charge < -0.3 is 63.6 Å². The standard InChI is InChI=1S/C33H35ClF3N5O5S.C18H16Cl2N4O4S.C15H20F3NO.C13H15N3O2.C5H2Cl3NO2S.2C4H9O.CH4.2Na/c1-41(2)26-15-22(21-6-5-7-24(14-21)33(35,36)37)9-11-27(26)47-29-17-31(34)39-18-30(29)48(43,44)42(32-12-13-38-20-40-32)19-23-8-10-25(45-3)16-28(23)46-4;1-27-13-4-3-12(15(7-13)28-2)10-24(18-5-6-21-11-23-18)29(25,26)16-9-22-17(20)8-14(16)19;1-19(2)13-9-11(6-7-14(13)20)10-4-3-5-12(8-10)15(16,17)18;1-17-11-4-3-10(12(7-11)18-2)8-15-13-5-6-14-9-16-13;6-3-1-5(7)9-2-4(3)12(8,10)11;2*1-4(2,3)5;;;/h5-8,10,12-14,16-18,20,22,26-27H,9,11,15,19H2,1-4H3;3-9,11H,10H2,1-2H3;3-5,8,11,13-14,20H,6-7,9H2,1-2H3;3-7,9H,8H2,1-2H3,(H,14,15,16);1-2H;2*1-3H3;1H4;;/q;;;;;2*-1;;2*+1/t22-,26-,27-;;11-,13-,14-;;;;;;;/m0.0......./s1. The number of rotatable bonds is 26. The first kappa shape index (κ1) is 124. The number of benzene rings is 5. The normalized spacial score (nSPS) is 15.7. The Bertz CT molecular complexity index is 6060. The van der Waals surface area contributed by atoms with Crippen LogP contribution in [-0.4, -0.2) is 191 Å². The van der Waals surface area contributed by atoms with Crippen molar-refractivity contribution in [3.63, 3.8) is 0 Å². The van der Waals surface area contributed by atoms with Crippen LogP contribution < -0.4 is 116 Å². The van der Waals surface area contributed by atoms with Gasteiger partial charge in [0, 0.05) is 101 Å². The molecule has 2 N–H and O–H groups in total. The Morgan fingerprint density at radius 3 is 1.19 bits per heavy atom. The van der Waals surface area contributed by atoms with E-state index in [1.165, 1.54) is 114 Å². The van der Waals surface area contributed by atoms with Gasteiger partial charge in [-0.05, 0) is 156 Å². The second-order valence-corrected chi connectivity index (χ2v) is 40.9. The summed E-state index contributed by atoms with van der Waals surface area (Å²) in [4.78, 5) is 38.7. The van der Waals surface area contributed by atoms with Crippen LogP contribution in [0, 0.1) is 0 Å². The van der Waals surface area contributed by atoms with E-state index in [9.17, 15) is 66.9 Å². The molecule has 2 fully saturated rings. The Kier molecular flexibility index (Phi) is 50.4. The summed E-state index contributed by atoms with van der Waals surface area (Å²) in [5, 5.41) is 33.5. The second kappa shape index (κ2) is 56.9. The number of aromatic nitrogens is 9. The minimum absolute atomic E-state index is 0. The molecule has 2 saturated carbocycles. The number of aliphatic hydroxyl groups excluding tert-OH is 1. The summed E-state index contributed by atoms with van der Waals surface area (Å²) in [5.74, 6) is 4.47. The predicted octanol–water partition coefficient (Wildman–Crippen LogP) is 12.8. The van der Waals surface area contributed by atoms with Crippen LogP contribution in [0.5, 0.6) is 40.2 Å². The molecular weight excluding hydrogens is 2040 g/mol. The molecule has 2 aliphatic rings. The number of sulfonamides is 2. The van der Waals surface area contributed by atoms with Crippen molar-refractivity contribution >= 4 is 115 Å². The smallest absolute Gasteiger partial charge is 0.850 e. The van der Waals surface area contributed by atoms with E-state index in [-0.39, 0.29) is 161 Å². The van der Waals surface area contributed by atoms with E-state index >= 15 is 0 Å². The first-order valence-corrected chi connectivity index (χ1v) is 48.6. The Labute approximate surface area is 887 Å². The minimum atomic E-state index is -4.45. The quantitative estimate of drug-likeness (QED) is 0.0220. The maximum Gasteiger partial charge on any atom is 1.00 e. The molecule has 0 amide bonds. The van der Waals surface area contributed by atoms with Crippen molar-refractivity contribution in [2.45, 2.75) is 181 Å². The number of hydrogen-bond donors (Lipinski definition) is 2. The van der Waals surface area contributed by atoms with Crippen LogP contribution in [-0.2, 0) is 61.1 Å². The molecule has 6 aromatic heterocycles. The summed E-state index contributed by atoms with van der Waals surface area (Å²) in [7, 11) is 9.41. The summed E-state index contributed by atoms with van der Waals surface area (Å²) in [5.41, 5.74) is 0.693. The van der Waals surface area contributed by atoms with Crippen molar-refractivity contribution in [3.05, 3.63) is 260 Å². The molecule has 11 aromatic rings. The Balaban J connectivity index is 0.000000380. The van der Waals surface area contributed by atoms with E-state index in [1.807, 2.05) is 62.3 Å². The van der Waals surface area contributed by atoms with E-state index in [0.717, 1.165) is 74.2 Å². The Hall–Kier alpha value is -8.24. The summed E-state index contributed by atoms with van der Waals surface area (Å²) < 4.78 is 197. The number of hydrogen-bond acceptors (Lipinski definition) is 28. The maximum absolute atomic E-state index is 14.5. The number of methoxy groups -OCH3 is 6. The number of nitrogens with one attached hydrogen (secondary N) is 1.